The molecule has 0 aromatic heterocycles. The second-order valence-electron chi connectivity index (χ2n) is 5.09. The number of anilines is 2. The molecule has 3 rings (SSSR count). The molecule has 6 nitrogen and oxygen atoms in total. The predicted octanol–water partition coefficient (Wildman–Crippen LogP) is 3.96. The number of aliphatic hydroxyl groups is 1. The van der Waals surface area contributed by atoms with Gasteiger partial charge in [0.1, 0.15) is 0 Å². The highest BCUT2D eigenvalue weighted by atomic mass is 35.5. The van der Waals surface area contributed by atoms with Crippen LogP contribution in [0.15, 0.2) is 42.5 Å². The fourth-order valence-electron chi connectivity index (χ4n) is 2.42. The van der Waals surface area contributed by atoms with Crippen LogP contribution in [0.1, 0.15) is 5.56 Å². The zero-order chi connectivity index (χ0) is 16.4. The van der Waals surface area contributed by atoms with Crippen molar-refractivity contribution in [2.45, 2.75) is 6.42 Å². The van der Waals surface area contributed by atoms with Crippen molar-refractivity contribution in [1.29, 1.82) is 0 Å². The fourth-order valence-corrected chi connectivity index (χ4v) is 2.64. The molecule has 0 saturated heterocycles. The lowest BCUT2D eigenvalue weighted by atomic mass is 10.1. The van der Waals surface area contributed by atoms with Crippen molar-refractivity contribution < 1.29 is 10.0 Å². The maximum absolute atomic E-state index is 11.1. The molecule has 1 aromatic carbocycles. The van der Waals surface area contributed by atoms with E-state index in [-0.39, 0.29) is 12.4 Å². The maximum Gasteiger partial charge on any atom is 0.323 e. The molecular formula is C16H14ClN3O3. The summed E-state index contributed by atoms with van der Waals surface area (Å²) in [7, 11) is 0. The highest BCUT2D eigenvalue weighted by molar-refractivity contribution is 6.34. The first kappa shape index (κ1) is 15.3. The van der Waals surface area contributed by atoms with Crippen LogP contribution in [-0.2, 0) is 6.42 Å². The lowest BCUT2D eigenvalue weighted by molar-refractivity contribution is -0.389. The molecule has 23 heavy (non-hydrogen) atoms. The smallest absolute Gasteiger partial charge is 0.323 e. The standard InChI is InChI=1S/C16H14ClN3O3/c17-14-6-5-12-13(14)9-15(20(22)23)19-16(12)18-11-3-1-10(2-4-11)7-8-21/h1-6,9,18-19,21H,7-8H2. The zero-order valence-corrected chi connectivity index (χ0v) is 12.8. The molecule has 0 spiro atoms. The average Bonchev–Trinajstić information content (AvgIpc) is 2.91. The number of nitrogens with zero attached hydrogens (tertiary/aromatic N) is 1. The van der Waals surface area contributed by atoms with Gasteiger partial charge in [0.2, 0.25) is 5.82 Å². The van der Waals surface area contributed by atoms with Crippen molar-refractivity contribution >= 4 is 28.9 Å². The SMILES string of the molecule is O=[N+]([O-])c1cc2c(Cl)ccc-2c(Nc2ccc(CCO)cc2)[nH]1. The number of aliphatic hydroxyl groups excluding tert-OH is 1. The lowest BCUT2D eigenvalue weighted by Crippen LogP contribution is -2.01. The summed E-state index contributed by atoms with van der Waals surface area (Å²) in [6, 6.07) is 12.4. The number of aromatic amines is 1. The Morgan fingerprint density at radius 2 is 1.91 bits per heavy atom. The Kier molecular flexibility index (Phi) is 4.18. The summed E-state index contributed by atoms with van der Waals surface area (Å²) >= 11 is 6.09. The fraction of sp³-hybridized carbons (Fsp3) is 0.125. The molecule has 0 bridgehead atoms. The van der Waals surface area contributed by atoms with E-state index in [1.807, 2.05) is 24.3 Å². The van der Waals surface area contributed by atoms with Crippen LogP contribution < -0.4 is 5.32 Å². The minimum atomic E-state index is -0.488. The van der Waals surface area contributed by atoms with E-state index >= 15 is 0 Å². The number of nitrogens with one attached hydrogen (secondary N) is 2. The van der Waals surface area contributed by atoms with E-state index in [1.165, 1.54) is 6.07 Å². The number of pyridine rings is 1. The summed E-state index contributed by atoms with van der Waals surface area (Å²) in [6.45, 7) is 0.0953. The van der Waals surface area contributed by atoms with E-state index in [0.29, 0.717) is 22.8 Å². The Balaban J connectivity index is 1.96. The van der Waals surface area contributed by atoms with Gasteiger partial charge >= 0.3 is 5.82 Å². The van der Waals surface area contributed by atoms with E-state index in [0.717, 1.165) is 16.8 Å². The molecule has 0 fully saturated rings. The Hall–Kier alpha value is -2.57. The molecule has 0 radical (unpaired) electrons. The Bertz CT molecular complexity index is 814. The van der Waals surface area contributed by atoms with Gasteiger partial charge in [-0.05, 0) is 41.2 Å². The Morgan fingerprint density at radius 3 is 2.57 bits per heavy atom. The summed E-state index contributed by atoms with van der Waals surface area (Å²) in [6.07, 6.45) is 0.589. The third-order valence-corrected chi connectivity index (χ3v) is 3.90. The monoisotopic (exact) mass is 331 g/mol. The van der Waals surface area contributed by atoms with Crippen molar-refractivity contribution in [3.05, 3.63) is 63.2 Å². The Morgan fingerprint density at radius 1 is 1.17 bits per heavy atom. The highest BCUT2D eigenvalue weighted by Crippen LogP contribution is 2.39. The first-order valence-corrected chi connectivity index (χ1v) is 7.38. The van der Waals surface area contributed by atoms with E-state index in [2.05, 4.69) is 10.3 Å². The van der Waals surface area contributed by atoms with Crippen molar-refractivity contribution in [2.75, 3.05) is 11.9 Å². The molecule has 118 valence electrons. The molecule has 3 N–H and O–H groups in total. The minimum Gasteiger partial charge on any atom is -0.396 e. The molecule has 1 aliphatic heterocycles. The molecule has 0 saturated carbocycles. The van der Waals surface area contributed by atoms with E-state index in [4.69, 9.17) is 16.7 Å². The average molecular weight is 332 g/mol. The number of H-pyrrole nitrogens is 1. The minimum absolute atomic E-state index is 0.0953. The van der Waals surface area contributed by atoms with Gasteiger partial charge in [0, 0.05) is 34.5 Å². The normalized spacial score (nSPS) is 10.9. The molecule has 1 aliphatic carbocycles. The molecule has 0 amide bonds. The number of benzene rings is 1. The first-order valence-electron chi connectivity index (χ1n) is 7.01. The van der Waals surface area contributed by atoms with Gasteiger partial charge in [-0.2, -0.15) is 0 Å². The summed E-state index contributed by atoms with van der Waals surface area (Å²) in [5.74, 6) is 0.376. The second kappa shape index (κ2) is 6.28. The van der Waals surface area contributed by atoms with E-state index in [9.17, 15) is 10.1 Å². The molecule has 0 atom stereocenters. The predicted molar refractivity (Wildman–Crippen MR) is 89.6 cm³/mol. The summed E-state index contributed by atoms with van der Waals surface area (Å²) in [4.78, 5) is 13.4. The zero-order valence-electron chi connectivity index (χ0n) is 12.0. The van der Waals surface area contributed by atoms with E-state index < -0.39 is 4.92 Å². The summed E-state index contributed by atoms with van der Waals surface area (Å²) in [5.41, 5.74) is 3.20. The molecule has 2 aliphatic rings. The van der Waals surface area contributed by atoms with Crippen molar-refractivity contribution in [3.63, 3.8) is 0 Å². The van der Waals surface area contributed by atoms with Crippen molar-refractivity contribution in [3.8, 4) is 11.1 Å². The van der Waals surface area contributed by atoms with Gasteiger partial charge in [-0.3, -0.25) is 0 Å². The highest BCUT2D eigenvalue weighted by Gasteiger charge is 2.20. The van der Waals surface area contributed by atoms with Crippen LogP contribution >= 0.6 is 11.6 Å². The molecule has 1 aromatic rings. The topological polar surface area (TPSA) is 91.2 Å². The van der Waals surface area contributed by atoms with Crippen LogP contribution in [0.25, 0.3) is 11.1 Å². The number of aromatic nitrogens is 1. The number of rotatable bonds is 5. The van der Waals surface area contributed by atoms with Crippen LogP contribution in [0.5, 0.6) is 0 Å². The number of halogens is 1. The van der Waals surface area contributed by atoms with Crippen LogP contribution in [0.2, 0.25) is 5.02 Å². The number of hydrogen-bond donors (Lipinski definition) is 3. The van der Waals surface area contributed by atoms with Gasteiger partial charge in [0.05, 0.1) is 0 Å². The van der Waals surface area contributed by atoms with Gasteiger partial charge in [0.15, 0.2) is 0 Å². The van der Waals surface area contributed by atoms with Crippen molar-refractivity contribution in [2.24, 2.45) is 0 Å². The third-order valence-electron chi connectivity index (χ3n) is 3.57. The van der Waals surface area contributed by atoms with Crippen LogP contribution in [-0.4, -0.2) is 21.6 Å². The van der Waals surface area contributed by atoms with E-state index in [1.54, 1.807) is 12.1 Å². The van der Waals surface area contributed by atoms with Crippen LogP contribution in [0, 0.1) is 10.1 Å². The van der Waals surface area contributed by atoms with Gasteiger partial charge in [-0.25, -0.2) is 4.98 Å². The molecule has 1 heterocycles. The largest absolute Gasteiger partial charge is 0.396 e. The first-order chi connectivity index (χ1) is 11.1. The van der Waals surface area contributed by atoms with Gasteiger partial charge in [0.25, 0.3) is 0 Å². The van der Waals surface area contributed by atoms with Crippen LogP contribution in [0.3, 0.4) is 0 Å². The summed E-state index contributed by atoms with van der Waals surface area (Å²) < 4.78 is 0. The number of nitro groups is 1. The number of fused-ring (bicyclic) bond motifs is 1. The number of hydrogen-bond acceptors (Lipinski definition) is 4. The quantitative estimate of drug-likeness (QED) is 0.487. The molecular weight excluding hydrogens is 318 g/mol. The summed E-state index contributed by atoms with van der Waals surface area (Å²) in [5, 5.41) is 23.6. The lowest BCUT2D eigenvalue weighted by Gasteiger charge is -2.10. The Labute approximate surface area is 137 Å². The molecule has 7 heteroatoms. The van der Waals surface area contributed by atoms with Crippen LogP contribution in [0.4, 0.5) is 17.3 Å². The van der Waals surface area contributed by atoms with Crippen molar-refractivity contribution in [1.82, 2.24) is 4.98 Å². The van der Waals surface area contributed by atoms with Gasteiger partial charge in [-0.1, -0.05) is 23.7 Å². The molecule has 0 unspecified atom stereocenters. The third kappa shape index (κ3) is 3.13. The second-order valence-corrected chi connectivity index (χ2v) is 5.50. The maximum atomic E-state index is 11.1. The van der Waals surface area contributed by atoms with Gasteiger partial charge < -0.3 is 20.5 Å². The van der Waals surface area contributed by atoms with Gasteiger partial charge in [-0.15, -0.1) is 0 Å².